The van der Waals surface area contributed by atoms with E-state index in [0.717, 1.165) is 0 Å². The predicted molar refractivity (Wildman–Crippen MR) is 109 cm³/mol. The quantitative estimate of drug-likeness (QED) is 0.547. The number of allylic oxidation sites excluding steroid dienone is 4. The minimum atomic E-state index is -0.767. The molecule has 0 aromatic heterocycles. The van der Waals surface area contributed by atoms with E-state index in [4.69, 9.17) is 4.74 Å². The van der Waals surface area contributed by atoms with Gasteiger partial charge in [-0.05, 0) is 16.9 Å². The summed E-state index contributed by atoms with van der Waals surface area (Å²) in [5.74, 6) is -0.408. The molecule has 1 N–H and O–H groups in total. The molecule has 1 aromatic rings. The summed E-state index contributed by atoms with van der Waals surface area (Å²) in [6, 6.07) is 4.20. The summed E-state index contributed by atoms with van der Waals surface area (Å²) < 4.78 is 6.00. The van der Waals surface area contributed by atoms with E-state index in [0.29, 0.717) is 36.2 Å². The smallest absolute Gasteiger partial charge is 0.273 e. The maximum absolute atomic E-state index is 13.2. The highest BCUT2D eigenvalue weighted by Crippen LogP contribution is 2.53. The molecule has 0 bridgehead atoms. The average Bonchev–Trinajstić information content (AvgIpc) is 2.57. The Morgan fingerprint density at radius 2 is 1.60 bits per heavy atom. The number of aliphatic hydroxyl groups is 1. The van der Waals surface area contributed by atoms with Crippen molar-refractivity contribution in [3.63, 3.8) is 0 Å². The lowest BCUT2D eigenvalue weighted by atomic mass is 9.66. The molecule has 1 aromatic carbocycles. The maximum atomic E-state index is 13.2. The van der Waals surface area contributed by atoms with Crippen molar-refractivity contribution in [2.24, 2.45) is 10.8 Å². The lowest BCUT2D eigenvalue weighted by molar-refractivity contribution is -0.384. The molecule has 0 saturated carbocycles. The van der Waals surface area contributed by atoms with Crippen LogP contribution in [-0.2, 0) is 9.59 Å². The van der Waals surface area contributed by atoms with Gasteiger partial charge in [0, 0.05) is 48.5 Å². The predicted octanol–water partition coefficient (Wildman–Crippen LogP) is 4.92. The van der Waals surface area contributed by atoms with E-state index in [9.17, 15) is 24.8 Å². The molecule has 1 unspecified atom stereocenters. The summed E-state index contributed by atoms with van der Waals surface area (Å²) in [7, 11) is 0. The van der Waals surface area contributed by atoms with Gasteiger partial charge in [0.05, 0.1) is 16.9 Å². The molecule has 0 radical (unpaired) electrons. The number of rotatable bonds is 2. The number of benzene rings is 1. The maximum Gasteiger partial charge on any atom is 0.273 e. The summed E-state index contributed by atoms with van der Waals surface area (Å²) in [6.45, 7) is 7.75. The van der Waals surface area contributed by atoms with Crippen molar-refractivity contribution in [2.75, 3.05) is 0 Å². The average molecular weight is 411 g/mol. The van der Waals surface area contributed by atoms with Crippen molar-refractivity contribution in [2.45, 2.75) is 59.3 Å². The van der Waals surface area contributed by atoms with E-state index in [1.807, 2.05) is 27.7 Å². The van der Waals surface area contributed by atoms with Crippen LogP contribution in [0.25, 0.3) is 0 Å². The first-order valence-corrected chi connectivity index (χ1v) is 10.1. The van der Waals surface area contributed by atoms with E-state index < -0.39 is 10.8 Å². The van der Waals surface area contributed by atoms with Crippen LogP contribution in [0.5, 0.6) is 5.75 Å². The minimum Gasteiger partial charge on any atom is -0.512 e. The monoisotopic (exact) mass is 411 g/mol. The van der Waals surface area contributed by atoms with Crippen LogP contribution in [-0.4, -0.2) is 21.6 Å². The number of ether oxygens (including phenoxy) is 1. The van der Waals surface area contributed by atoms with Gasteiger partial charge in [0.2, 0.25) is 0 Å². The summed E-state index contributed by atoms with van der Waals surface area (Å²) >= 11 is 0. The van der Waals surface area contributed by atoms with E-state index >= 15 is 0 Å². The van der Waals surface area contributed by atoms with Crippen LogP contribution in [0.3, 0.4) is 0 Å². The van der Waals surface area contributed by atoms with Crippen LogP contribution in [0.2, 0.25) is 0 Å². The fraction of sp³-hybridized carbons (Fsp3) is 0.478. The van der Waals surface area contributed by atoms with Gasteiger partial charge in [-0.1, -0.05) is 27.7 Å². The van der Waals surface area contributed by atoms with Crippen LogP contribution in [0, 0.1) is 20.9 Å². The fourth-order valence-corrected chi connectivity index (χ4v) is 4.87. The Bertz CT molecular complexity index is 1060. The van der Waals surface area contributed by atoms with Gasteiger partial charge in [0.15, 0.2) is 11.6 Å². The van der Waals surface area contributed by atoms with Gasteiger partial charge in [-0.3, -0.25) is 19.7 Å². The molecular formula is C23H25NO6. The minimum absolute atomic E-state index is 0.0167. The second-order valence-electron chi connectivity index (χ2n) is 10.1. The normalized spacial score (nSPS) is 24.9. The molecule has 7 heteroatoms. The van der Waals surface area contributed by atoms with E-state index in [1.165, 1.54) is 18.2 Å². The Balaban J connectivity index is 1.95. The molecule has 1 aliphatic heterocycles. The third-order valence-electron chi connectivity index (χ3n) is 6.10. The number of aliphatic hydroxyl groups excluding tert-OH is 1. The zero-order chi connectivity index (χ0) is 22.0. The number of nitro benzene ring substituents is 1. The van der Waals surface area contributed by atoms with Gasteiger partial charge in [-0.15, -0.1) is 0 Å². The lowest BCUT2D eigenvalue weighted by Gasteiger charge is -2.40. The number of fused-ring (bicyclic) bond motifs is 1. The van der Waals surface area contributed by atoms with Crippen LogP contribution in [0.4, 0.5) is 5.69 Å². The molecule has 7 nitrogen and oxygen atoms in total. The van der Waals surface area contributed by atoms with Crippen molar-refractivity contribution in [3.05, 3.63) is 56.5 Å². The highest BCUT2D eigenvalue weighted by molar-refractivity contribution is 6.06. The second kappa shape index (κ2) is 6.52. The van der Waals surface area contributed by atoms with Crippen molar-refractivity contribution >= 4 is 17.3 Å². The Labute approximate surface area is 174 Å². The zero-order valence-electron chi connectivity index (χ0n) is 17.6. The van der Waals surface area contributed by atoms with Crippen molar-refractivity contribution in [3.8, 4) is 5.75 Å². The largest absolute Gasteiger partial charge is 0.512 e. The van der Waals surface area contributed by atoms with Gasteiger partial charge in [-0.2, -0.15) is 0 Å². The summed E-state index contributed by atoms with van der Waals surface area (Å²) in [5.41, 5.74) is 0.283. The first-order valence-electron chi connectivity index (χ1n) is 10.1. The fourth-order valence-electron chi connectivity index (χ4n) is 4.87. The lowest BCUT2D eigenvalue weighted by Crippen LogP contribution is -2.36. The number of ketones is 2. The topological polar surface area (TPSA) is 107 Å². The van der Waals surface area contributed by atoms with Gasteiger partial charge < -0.3 is 9.84 Å². The number of Topliss-reactive ketones (excluding diaryl/α,β-unsaturated/α-hetero) is 2. The Kier molecular flexibility index (Phi) is 4.42. The summed E-state index contributed by atoms with van der Waals surface area (Å²) in [5, 5.41) is 22.1. The number of nitro groups is 1. The number of hydrogen-bond donors (Lipinski definition) is 1. The number of carbonyl (C=O) groups excluding carboxylic acids is 2. The van der Waals surface area contributed by atoms with Crippen molar-refractivity contribution < 1.29 is 24.4 Å². The molecule has 0 spiro atoms. The first-order chi connectivity index (χ1) is 13.9. The third-order valence-corrected chi connectivity index (χ3v) is 6.10. The molecule has 4 rings (SSSR count). The van der Waals surface area contributed by atoms with Gasteiger partial charge >= 0.3 is 0 Å². The SMILES string of the molecule is CC1(C)CC(=O)C(C2C3=C(CC(C)(C)CC3=O)Oc3cc([N+](=O)[O-])ccc32)=C(O)C1. The standard InChI is InChI=1S/C23H25NO6/c1-22(2)8-14(25)20(15(26)9-22)19-13-6-5-12(24(28)29)7-17(13)30-18-11-23(3,4)10-16(27)21(18)19/h5-7,19,25H,8-11H2,1-4H3. The summed E-state index contributed by atoms with van der Waals surface area (Å²) in [4.78, 5) is 37.0. The zero-order valence-corrected chi connectivity index (χ0v) is 17.6. The Hall–Kier alpha value is -2.96. The van der Waals surface area contributed by atoms with Crippen LogP contribution in [0.1, 0.15) is 64.9 Å². The highest BCUT2D eigenvalue weighted by atomic mass is 16.6. The first kappa shape index (κ1) is 20.3. The molecule has 3 aliphatic rings. The van der Waals surface area contributed by atoms with E-state index in [1.54, 1.807) is 0 Å². The van der Waals surface area contributed by atoms with Gasteiger partial charge in [0.25, 0.3) is 5.69 Å². The summed E-state index contributed by atoms with van der Waals surface area (Å²) in [6.07, 6.45) is 1.37. The number of nitrogens with zero attached hydrogens (tertiary/aromatic N) is 1. The molecule has 158 valence electrons. The van der Waals surface area contributed by atoms with Crippen molar-refractivity contribution in [1.82, 2.24) is 0 Å². The number of non-ortho nitro benzene ring substituents is 1. The second-order valence-corrected chi connectivity index (χ2v) is 10.1. The number of carbonyl (C=O) groups is 2. The molecule has 0 fully saturated rings. The third kappa shape index (κ3) is 3.32. The van der Waals surface area contributed by atoms with Gasteiger partial charge in [-0.25, -0.2) is 0 Å². The van der Waals surface area contributed by atoms with Crippen LogP contribution in [0.15, 0.2) is 40.9 Å². The van der Waals surface area contributed by atoms with E-state index in [-0.39, 0.29) is 51.6 Å². The number of hydrogen-bond acceptors (Lipinski definition) is 6. The molecule has 1 heterocycles. The molecule has 2 aliphatic carbocycles. The Morgan fingerprint density at radius 3 is 2.20 bits per heavy atom. The molecular weight excluding hydrogens is 386 g/mol. The van der Waals surface area contributed by atoms with Crippen LogP contribution >= 0.6 is 0 Å². The van der Waals surface area contributed by atoms with Crippen LogP contribution < -0.4 is 4.74 Å². The molecule has 0 amide bonds. The molecule has 0 saturated heterocycles. The Morgan fingerprint density at radius 1 is 1.00 bits per heavy atom. The molecule has 30 heavy (non-hydrogen) atoms. The molecule has 1 atom stereocenters. The van der Waals surface area contributed by atoms with Gasteiger partial charge in [0.1, 0.15) is 17.3 Å². The van der Waals surface area contributed by atoms with E-state index in [2.05, 4.69) is 0 Å². The van der Waals surface area contributed by atoms with Crippen molar-refractivity contribution in [1.29, 1.82) is 0 Å². The highest BCUT2D eigenvalue weighted by Gasteiger charge is 2.47.